The van der Waals surface area contributed by atoms with Gasteiger partial charge in [-0.3, -0.25) is 14.4 Å². The molecule has 1 fully saturated rings. The van der Waals surface area contributed by atoms with Crippen LogP contribution in [0.15, 0.2) is 48.5 Å². The van der Waals surface area contributed by atoms with E-state index in [1.165, 1.54) is 17.2 Å². The fraction of sp³-hybridized carbons (Fsp3) is 0.614. The zero-order chi connectivity index (χ0) is 43.0. The van der Waals surface area contributed by atoms with E-state index in [0.717, 1.165) is 24.0 Å². The number of carbonyl (C=O) groups excluding carboxylic acids is 5. The number of amides is 2. The van der Waals surface area contributed by atoms with Gasteiger partial charge in [-0.15, -0.1) is 5.06 Å². The van der Waals surface area contributed by atoms with Crippen LogP contribution in [0, 0.1) is 11.3 Å². The first-order valence-corrected chi connectivity index (χ1v) is 19.8. The van der Waals surface area contributed by atoms with Gasteiger partial charge in [0.1, 0.15) is 28.6 Å². The van der Waals surface area contributed by atoms with Gasteiger partial charge in [-0.1, -0.05) is 37.1 Å². The Morgan fingerprint density at radius 2 is 1.21 bits per heavy atom. The zero-order valence-corrected chi connectivity index (χ0v) is 36.0. The van der Waals surface area contributed by atoms with Crippen molar-refractivity contribution in [2.24, 2.45) is 11.3 Å². The number of phenols is 1. The molecular formula is C44H65N3O10. The van der Waals surface area contributed by atoms with Crippen molar-refractivity contribution in [3.05, 3.63) is 65.2 Å². The SMILES string of the molecule is CC(C)(C)OC(=O)NCc1ccc(C(=O)NC[C@H](CC2(C(=O)ON([C@@H](Cc3ccc(O)cc3)C(=O)OC(C)(C)C)C(C)(C)C)CCCC2)C(=O)OC(C)(C)C)cc1. The number of ether oxygens (including phenoxy) is 3. The minimum absolute atomic E-state index is 0.0450. The highest BCUT2D eigenvalue weighted by atomic mass is 16.7. The van der Waals surface area contributed by atoms with Crippen molar-refractivity contribution in [3.63, 3.8) is 0 Å². The summed E-state index contributed by atoms with van der Waals surface area (Å²) < 4.78 is 16.9. The first-order chi connectivity index (χ1) is 26.2. The highest BCUT2D eigenvalue weighted by Gasteiger charge is 2.49. The van der Waals surface area contributed by atoms with Crippen LogP contribution < -0.4 is 10.6 Å². The molecule has 1 aliphatic rings. The summed E-state index contributed by atoms with van der Waals surface area (Å²) in [5, 5.41) is 16.8. The van der Waals surface area contributed by atoms with Gasteiger partial charge in [0.25, 0.3) is 5.91 Å². The second-order valence-electron chi connectivity index (χ2n) is 19.0. The lowest BCUT2D eigenvalue weighted by atomic mass is 9.77. The molecule has 0 aromatic heterocycles. The third-order valence-corrected chi connectivity index (χ3v) is 9.10. The molecular weight excluding hydrogens is 730 g/mol. The summed E-state index contributed by atoms with van der Waals surface area (Å²) in [5.41, 5.74) is -2.45. The Bertz CT molecular complexity index is 1690. The van der Waals surface area contributed by atoms with Crippen LogP contribution in [-0.2, 0) is 46.4 Å². The Kier molecular flexibility index (Phi) is 15.4. The number of alkyl carbamates (subject to hydrolysis) is 1. The van der Waals surface area contributed by atoms with Gasteiger partial charge in [0.15, 0.2) is 0 Å². The second-order valence-corrected chi connectivity index (χ2v) is 19.0. The molecule has 0 heterocycles. The predicted molar refractivity (Wildman–Crippen MR) is 216 cm³/mol. The standard InChI is InChI=1S/C44H65N3O10/c1-40(2,3)47(34(37(51)55-42(7,8)9)25-29-17-21-33(48)22-18-29)57-38(52)44(23-13-14-24-44)26-32(36(50)54-41(4,5)6)28-45-35(49)31-19-15-30(16-20-31)27-46-39(53)56-43(10,11)12/h15-22,32,34,48H,13-14,23-28H2,1-12H3,(H,45,49)(H,46,53)/t32-,34-/m0/s1. The summed E-state index contributed by atoms with van der Waals surface area (Å²) >= 11 is 0. The number of hydroxylamine groups is 2. The summed E-state index contributed by atoms with van der Waals surface area (Å²) in [7, 11) is 0. The van der Waals surface area contributed by atoms with Gasteiger partial charge in [0, 0.05) is 30.6 Å². The molecule has 13 heteroatoms. The molecule has 3 N–H and O–H groups in total. The molecule has 1 aliphatic carbocycles. The normalized spacial score (nSPS) is 15.6. The molecule has 57 heavy (non-hydrogen) atoms. The lowest BCUT2D eigenvalue weighted by Crippen LogP contribution is -2.56. The number of rotatable bonds is 14. The molecule has 0 saturated heterocycles. The van der Waals surface area contributed by atoms with Gasteiger partial charge < -0.3 is 34.8 Å². The lowest BCUT2D eigenvalue weighted by Gasteiger charge is -2.41. The first kappa shape index (κ1) is 46.7. The van der Waals surface area contributed by atoms with Crippen molar-refractivity contribution in [1.29, 1.82) is 0 Å². The highest BCUT2D eigenvalue weighted by Crippen LogP contribution is 2.45. The molecule has 2 atom stereocenters. The van der Waals surface area contributed by atoms with E-state index < -0.39 is 69.6 Å². The van der Waals surface area contributed by atoms with E-state index >= 15 is 0 Å². The molecule has 0 spiro atoms. The van der Waals surface area contributed by atoms with Crippen LogP contribution in [0.25, 0.3) is 0 Å². The third-order valence-electron chi connectivity index (χ3n) is 9.10. The number of aromatic hydroxyl groups is 1. The van der Waals surface area contributed by atoms with E-state index in [9.17, 15) is 29.1 Å². The van der Waals surface area contributed by atoms with E-state index in [4.69, 9.17) is 19.0 Å². The summed E-state index contributed by atoms with van der Waals surface area (Å²) in [6, 6.07) is 12.1. The molecule has 2 amide bonds. The average Bonchev–Trinajstić information content (AvgIpc) is 3.55. The maximum absolute atomic E-state index is 14.6. The molecule has 0 aliphatic heterocycles. The lowest BCUT2D eigenvalue weighted by molar-refractivity contribution is -0.245. The molecule has 3 rings (SSSR count). The highest BCUT2D eigenvalue weighted by molar-refractivity contribution is 5.94. The monoisotopic (exact) mass is 795 g/mol. The third kappa shape index (κ3) is 15.3. The number of carbonyl (C=O) groups is 5. The van der Waals surface area contributed by atoms with Crippen molar-refractivity contribution in [3.8, 4) is 5.75 Å². The Hall–Kier alpha value is -4.65. The van der Waals surface area contributed by atoms with Crippen molar-refractivity contribution in [2.45, 2.75) is 157 Å². The molecule has 1 saturated carbocycles. The Balaban J connectivity index is 1.87. The van der Waals surface area contributed by atoms with Crippen molar-refractivity contribution in [1.82, 2.24) is 15.7 Å². The minimum atomic E-state index is -1.12. The fourth-order valence-electron chi connectivity index (χ4n) is 6.56. The second kappa shape index (κ2) is 18.7. The van der Waals surface area contributed by atoms with Crippen LogP contribution in [0.5, 0.6) is 5.75 Å². The number of benzene rings is 2. The van der Waals surface area contributed by atoms with E-state index in [1.54, 1.807) is 98.7 Å². The molecule has 2 aromatic rings. The van der Waals surface area contributed by atoms with Gasteiger partial charge in [0.05, 0.1) is 11.3 Å². The largest absolute Gasteiger partial charge is 0.508 e. The average molecular weight is 796 g/mol. The smallest absolute Gasteiger partial charge is 0.407 e. The number of phenolic OH excluding ortho intramolecular Hbond substituents is 1. The minimum Gasteiger partial charge on any atom is -0.508 e. The number of hydrogen-bond donors (Lipinski definition) is 3. The molecule has 0 radical (unpaired) electrons. The van der Waals surface area contributed by atoms with E-state index in [2.05, 4.69) is 10.6 Å². The predicted octanol–water partition coefficient (Wildman–Crippen LogP) is 7.57. The molecule has 0 unspecified atom stereocenters. The molecule has 2 aromatic carbocycles. The number of hydrogen-bond acceptors (Lipinski definition) is 11. The first-order valence-electron chi connectivity index (χ1n) is 19.8. The maximum Gasteiger partial charge on any atom is 0.407 e. The van der Waals surface area contributed by atoms with Crippen LogP contribution in [-0.4, -0.2) is 75.0 Å². The Morgan fingerprint density at radius 1 is 0.702 bits per heavy atom. The maximum atomic E-state index is 14.6. The number of nitrogens with one attached hydrogen (secondary N) is 2. The quantitative estimate of drug-likeness (QED) is 0.0980. The topological polar surface area (TPSA) is 170 Å². The van der Waals surface area contributed by atoms with E-state index in [0.29, 0.717) is 18.4 Å². The van der Waals surface area contributed by atoms with Gasteiger partial charge >= 0.3 is 24.0 Å². The molecule has 316 valence electrons. The van der Waals surface area contributed by atoms with E-state index in [1.807, 2.05) is 20.8 Å². The van der Waals surface area contributed by atoms with Crippen molar-refractivity contribution in [2.75, 3.05) is 6.54 Å². The molecule has 13 nitrogen and oxygen atoms in total. The zero-order valence-electron chi connectivity index (χ0n) is 36.0. The van der Waals surface area contributed by atoms with Gasteiger partial charge in [0.2, 0.25) is 0 Å². The van der Waals surface area contributed by atoms with Gasteiger partial charge in [-0.05, 0) is 138 Å². The Morgan fingerprint density at radius 3 is 1.72 bits per heavy atom. The summed E-state index contributed by atoms with van der Waals surface area (Å²) in [4.78, 5) is 74.0. The van der Waals surface area contributed by atoms with Crippen LogP contribution in [0.3, 0.4) is 0 Å². The van der Waals surface area contributed by atoms with Crippen LogP contribution in [0.4, 0.5) is 4.79 Å². The van der Waals surface area contributed by atoms with Crippen molar-refractivity contribution >= 4 is 29.9 Å². The van der Waals surface area contributed by atoms with Gasteiger partial charge in [-0.2, -0.15) is 0 Å². The van der Waals surface area contributed by atoms with Crippen LogP contribution >= 0.6 is 0 Å². The number of nitrogens with zero attached hydrogens (tertiary/aromatic N) is 1. The Labute approximate surface area is 338 Å². The summed E-state index contributed by atoms with van der Waals surface area (Å²) in [6.45, 7) is 21.5. The molecule has 0 bridgehead atoms. The summed E-state index contributed by atoms with van der Waals surface area (Å²) in [5.74, 6) is -2.97. The number of esters is 2. The fourth-order valence-corrected chi connectivity index (χ4v) is 6.56. The van der Waals surface area contributed by atoms with Gasteiger partial charge in [-0.25, -0.2) is 9.59 Å². The van der Waals surface area contributed by atoms with Crippen molar-refractivity contribution < 1.29 is 48.1 Å². The van der Waals surface area contributed by atoms with E-state index in [-0.39, 0.29) is 31.7 Å². The van der Waals surface area contributed by atoms with Crippen LogP contribution in [0.1, 0.15) is 137 Å². The summed E-state index contributed by atoms with van der Waals surface area (Å²) in [6.07, 6.45) is 1.93. The van der Waals surface area contributed by atoms with Crippen LogP contribution in [0.2, 0.25) is 0 Å².